The van der Waals surface area contributed by atoms with Crippen LogP contribution in [0.5, 0.6) is 0 Å². The Kier molecular flexibility index (Phi) is 4.74. The molecule has 1 amide bonds. The van der Waals surface area contributed by atoms with Gasteiger partial charge in [-0.15, -0.1) is 11.6 Å². The number of amides is 1. The first kappa shape index (κ1) is 16.0. The van der Waals surface area contributed by atoms with Crippen LogP contribution in [0.1, 0.15) is 32.0 Å². The fraction of sp³-hybridized carbons (Fsp3) is 0.429. The number of carbonyl (C=O) groups is 1. The number of halogens is 3. The monoisotopic (exact) mass is 331 g/mol. The van der Waals surface area contributed by atoms with Crippen LogP contribution in [0.4, 0.5) is 4.39 Å². The second-order valence-corrected chi connectivity index (χ2v) is 6.21. The second kappa shape index (κ2) is 6.20. The van der Waals surface area contributed by atoms with Crippen LogP contribution in [0.2, 0.25) is 5.02 Å². The summed E-state index contributed by atoms with van der Waals surface area (Å²) in [4.78, 5) is 16.3. The molecular weight excluding hydrogens is 316 g/mol. The Morgan fingerprint density at radius 1 is 1.43 bits per heavy atom. The first-order chi connectivity index (χ1) is 9.79. The maximum Gasteiger partial charge on any atom is 0.240 e. The Labute approximate surface area is 132 Å². The van der Waals surface area contributed by atoms with Crippen molar-refractivity contribution < 1.29 is 9.18 Å². The van der Waals surface area contributed by atoms with E-state index in [4.69, 9.17) is 23.2 Å². The first-order valence-corrected chi connectivity index (χ1v) is 7.39. The molecule has 4 nitrogen and oxygen atoms in total. The van der Waals surface area contributed by atoms with E-state index in [2.05, 4.69) is 10.3 Å². The number of rotatable bonds is 4. The fourth-order valence-electron chi connectivity index (χ4n) is 2.12. The van der Waals surface area contributed by atoms with E-state index in [0.29, 0.717) is 16.9 Å². The molecule has 0 aliphatic heterocycles. The molecule has 1 N–H and O–H groups in total. The largest absolute Gasteiger partial charge is 0.352 e. The SMILES string of the molecule is CC(C)NC(=O)Cn1c(C(C)Cl)nc2cc(F)c(Cl)cc21. The van der Waals surface area contributed by atoms with Crippen LogP contribution >= 0.6 is 23.2 Å². The number of carbonyl (C=O) groups excluding carboxylic acids is 1. The summed E-state index contributed by atoms with van der Waals surface area (Å²) in [6.45, 7) is 5.56. The molecule has 1 aromatic carbocycles. The summed E-state index contributed by atoms with van der Waals surface area (Å²) in [5.41, 5.74) is 1.01. The zero-order chi connectivity index (χ0) is 15.7. The van der Waals surface area contributed by atoms with Gasteiger partial charge in [-0.05, 0) is 26.8 Å². The molecule has 1 heterocycles. The Morgan fingerprint density at radius 3 is 2.67 bits per heavy atom. The van der Waals surface area contributed by atoms with Gasteiger partial charge in [-0.25, -0.2) is 9.37 Å². The third-order valence-corrected chi connectivity index (χ3v) is 3.41. The van der Waals surface area contributed by atoms with Gasteiger partial charge in [0.15, 0.2) is 0 Å². The summed E-state index contributed by atoms with van der Waals surface area (Å²) in [5.74, 6) is -0.204. The lowest BCUT2D eigenvalue weighted by molar-refractivity contribution is -0.122. The minimum absolute atomic E-state index is 0.0123. The molecule has 1 atom stereocenters. The zero-order valence-electron chi connectivity index (χ0n) is 12.0. The van der Waals surface area contributed by atoms with Crippen LogP contribution in [0.25, 0.3) is 11.0 Å². The normalized spacial score (nSPS) is 12.9. The van der Waals surface area contributed by atoms with Crippen molar-refractivity contribution in [3.05, 3.63) is 28.8 Å². The van der Waals surface area contributed by atoms with E-state index >= 15 is 0 Å². The topological polar surface area (TPSA) is 46.9 Å². The zero-order valence-corrected chi connectivity index (χ0v) is 13.5. The lowest BCUT2D eigenvalue weighted by atomic mass is 10.3. The molecule has 0 fully saturated rings. The smallest absolute Gasteiger partial charge is 0.240 e. The summed E-state index contributed by atoms with van der Waals surface area (Å²) in [5, 5.41) is 2.38. The quantitative estimate of drug-likeness (QED) is 0.869. The lowest BCUT2D eigenvalue weighted by Crippen LogP contribution is -2.33. The fourth-order valence-corrected chi connectivity index (χ4v) is 2.44. The summed E-state index contributed by atoms with van der Waals surface area (Å²) in [6, 6.07) is 2.74. The number of aromatic nitrogens is 2. The van der Waals surface area contributed by atoms with E-state index in [1.807, 2.05) is 13.8 Å². The van der Waals surface area contributed by atoms with Gasteiger partial charge in [0.05, 0.1) is 21.4 Å². The van der Waals surface area contributed by atoms with Gasteiger partial charge < -0.3 is 9.88 Å². The van der Waals surface area contributed by atoms with E-state index in [0.717, 1.165) is 0 Å². The maximum absolute atomic E-state index is 13.5. The molecule has 1 unspecified atom stereocenters. The molecular formula is C14H16Cl2FN3O. The van der Waals surface area contributed by atoms with Crippen LogP contribution in [0, 0.1) is 5.82 Å². The molecule has 21 heavy (non-hydrogen) atoms. The van der Waals surface area contributed by atoms with Gasteiger partial charge in [0, 0.05) is 12.1 Å². The third kappa shape index (κ3) is 3.47. The maximum atomic E-state index is 13.5. The Balaban J connectivity index is 2.50. The standard InChI is InChI=1S/C14H16Cl2FN3O/c1-7(2)18-13(21)6-20-12-4-9(16)10(17)5-11(12)19-14(20)8(3)15/h4-5,7-8H,6H2,1-3H3,(H,18,21). The highest BCUT2D eigenvalue weighted by atomic mass is 35.5. The van der Waals surface area contributed by atoms with Crippen molar-refractivity contribution in [1.82, 2.24) is 14.9 Å². The summed E-state index contributed by atoms with van der Waals surface area (Å²) in [6.07, 6.45) is 0. The van der Waals surface area contributed by atoms with Crippen LogP contribution < -0.4 is 5.32 Å². The molecule has 2 aromatic rings. The van der Waals surface area contributed by atoms with Crippen molar-refractivity contribution in [2.24, 2.45) is 0 Å². The summed E-state index contributed by atoms with van der Waals surface area (Å²) < 4.78 is 15.2. The highest BCUT2D eigenvalue weighted by Crippen LogP contribution is 2.28. The van der Waals surface area contributed by atoms with Gasteiger partial charge in [-0.1, -0.05) is 11.6 Å². The Hall–Kier alpha value is -1.33. The third-order valence-electron chi connectivity index (χ3n) is 2.93. The van der Waals surface area contributed by atoms with Gasteiger partial charge in [-0.3, -0.25) is 4.79 Å². The van der Waals surface area contributed by atoms with Gasteiger partial charge in [-0.2, -0.15) is 0 Å². The van der Waals surface area contributed by atoms with E-state index in [9.17, 15) is 9.18 Å². The molecule has 0 radical (unpaired) electrons. The van der Waals surface area contributed by atoms with Crippen LogP contribution in [0.3, 0.4) is 0 Å². The van der Waals surface area contributed by atoms with Crippen LogP contribution in [-0.4, -0.2) is 21.5 Å². The van der Waals surface area contributed by atoms with E-state index in [1.54, 1.807) is 11.5 Å². The molecule has 0 aliphatic rings. The number of nitrogens with zero attached hydrogens (tertiary/aromatic N) is 2. The average Bonchev–Trinajstić information content (AvgIpc) is 2.67. The number of fused-ring (bicyclic) bond motifs is 1. The predicted molar refractivity (Wildman–Crippen MR) is 82.2 cm³/mol. The summed E-state index contributed by atoms with van der Waals surface area (Å²) >= 11 is 11.9. The highest BCUT2D eigenvalue weighted by Gasteiger charge is 2.19. The molecule has 0 saturated heterocycles. The van der Waals surface area contributed by atoms with Crippen molar-refractivity contribution in [1.29, 1.82) is 0 Å². The van der Waals surface area contributed by atoms with Crippen molar-refractivity contribution in [2.75, 3.05) is 0 Å². The number of alkyl halides is 1. The van der Waals surface area contributed by atoms with E-state index in [1.165, 1.54) is 12.1 Å². The van der Waals surface area contributed by atoms with Gasteiger partial charge in [0.25, 0.3) is 0 Å². The average molecular weight is 332 g/mol. The van der Waals surface area contributed by atoms with E-state index < -0.39 is 11.2 Å². The van der Waals surface area contributed by atoms with Gasteiger partial charge in [0.2, 0.25) is 5.91 Å². The second-order valence-electron chi connectivity index (χ2n) is 5.15. The van der Waals surface area contributed by atoms with Crippen LogP contribution in [-0.2, 0) is 11.3 Å². The van der Waals surface area contributed by atoms with Crippen molar-refractivity contribution in [2.45, 2.75) is 38.7 Å². The molecule has 2 rings (SSSR count). The minimum atomic E-state index is -0.547. The van der Waals surface area contributed by atoms with E-state index in [-0.39, 0.29) is 23.5 Å². The summed E-state index contributed by atoms with van der Waals surface area (Å²) in [7, 11) is 0. The molecule has 0 bridgehead atoms. The van der Waals surface area contributed by atoms with Crippen molar-refractivity contribution in [3.8, 4) is 0 Å². The predicted octanol–water partition coefficient (Wildman–Crippen LogP) is 3.65. The van der Waals surface area contributed by atoms with Crippen molar-refractivity contribution >= 4 is 40.1 Å². The number of hydrogen-bond donors (Lipinski definition) is 1. The Morgan fingerprint density at radius 2 is 2.10 bits per heavy atom. The molecule has 0 spiro atoms. The molecule has 7 heteroatoms. The number of imidazole rings is 1. The van der Waals surface area contributed by atoms with Gasteiger partial charge >= 0.3 is 0 Å². The molecule has 0 saturated carbocycles. The lowest BCUT2D eigenvalue weighted by Gasteiger charge is -2.12. The Bertz CT molecular complexity index is 682. The first-order valence-electron chi connectivity index (χ1n) is 6.58. The number of nitrogens with one attached hydrogen (secondary N) is 1. The minimum Gasteiger partial charge on any atom is -0.352 e. The molecule has 114 valence electrons. The molecule has 1 aromatic heterocycles. The molecule has 0 aliphatic carbocycles. The number of benzene rings is 1. The highest BCUT2D eigenvalue weighted by molar-refractivity contribution is 6.31. The number of hydrogen-bond acceptors (Lipinski definition) is 2. The van der Waals surface area contributed by atoms with Crippen molar-refractivity contribution in [3.63, 3.8) is 0 Å². The van der Waals surface area contributed by atoms with Gasteiger partial charge in [0.1, 0.15) is 18.2 Å². The van der Waals surface area contributed by atoms with Crippen LogP contribution in [0.15, 0.2) is 12.1 Å².